The second-order valence-electron chi connectivity index (χ2n) is 7.05. The van der Waals surface area contributed by atoms with Gasteiger partial charge in [-0.15, -0.1) is 0 Å². The van der Waals surface area contributed by atoms with Crippen LogP contribution in [0.1, 0.15) is 23.7 Å². The topological polar surface area (TPSA) is 89.9 Å². The monoisotopic (exact) mass is 448 g/mol. The lowest BCUT2D eigenvalue weighted by Gasteiger charge is -2.20. The number of rotatable bonds is 8. The maximum atomic E-state index is 12.4. The highest BCUT2D eigenvalue weighted by Crippen LogP contribution is 2.23. The Morgan fingerprint density at radius 2 is 1.87 bits per heavy atom. The lowest BCUT2D eigenvalue weighted by Crippen LogP contribution is -2.33. The fraction of sp³-hybridized carbons (Fsp3) is 0.273. The third-order valence-electron chi connectivity index (χ3n) is 4.89. The number of carbonyl (C=O) groups is 2. The van der Waals surface area contributed by atoms with Gasteiger partial charge in [0.05, 0.1) is 34.8 Å². The molecule has 1 atom stereocenters. The van der Waals surface area contributed by atoms with E-state index in [9.17, 15) is 19.8 Å². The molecule has 6 nitrogen and oxygen atoms in total. The van der Waals surface area contributed by atoms with Crippen LogP contribution in [0.2, 0.25) is 10.0 Å². The molecule has 0 aromatic heterocycles. The number of carbonyl (C=O) groups excluding carboxylic acids is 2. The molecule has 1 aliphatic rings. The van der Waals surface area contributed by atoms with Crippen molar-refractivity contribution in [3.05, 3.63) is 81.0 Å². The van der Waals surface area contributed by atoms with Crippen LogP contribution in [0.15, 0.2) is 59.9 Å². The maximum Gasteiger partial charge on any atom is 0.289 e. The summed E-state index contributed by atoms with van der Waals surface area (Å²) < 4.78 is 0. The van der Waals surface area contributed by atoms with Crippen LogP contribution in [0, 0.1) is 0 Å². The van der Waals surface area contributed by atoms with Crippen LogP contribution in [0.4, 0.5) is 0 Å². The highest BCUT2D eigenvalue weighted by molar-refractivity contribution is 6.42. The Hall–Kier alpha value is -2.54. The number of aliphatic hydroxyl groups excluding tert-OH is 2. The second-order valence-corrected chi connectivity index (χ2v) is 7.86. The van der Waals surface area contributed by atoms with Crippen molar-refractivity contribution in [2.24, 2.45) is 0 Å². The summed E-state index contributed by atoms with van der Waals surface area (Å²) in [5.41, 5.74) is 1.66. The number of nitrogens with zero attached hydrogens (tertiary/aromatic N) is 1. The standard InChI is InChI=1S/C22H22Cl2N2O4/c23-17-9-8-14(11-18(17)24)5-4-10-25-21(29)16-12-26(22(30)20(16)28)13-19(27)15-6-2-1-3-7-15/h1-3,6-9,11,19,27-28H,4-5,10,12-13H2,(H,25,29). The van der Waals surface area contributed by atoms with Crippen molar-refractivity contribution in [3.63, 3.8) is 0 Å². The molecular formula is C22H22Cl2N2O4. The van der Waals surface area contributed by atoms with Crippen molar-refractivity contribution in [2.75, 3.05) is 19.6 Å². The summed E-state index contributed by atoms with van der Waals surface area (Å²) in [4.78, 5) is 25.9. The first-order valence-electron chi connectivity index (χ1n) is 9.53. The van der Waals surface area contributed by atoms with Crippen molar-refractivity contribution in [1.29, 1.82) is 0 Å². The molecule has 0 saturated carbocycles. The van der Waals surface area contributed by atoms with Gasteiger partial charge in [0.1, 0.15) is 0 Å². The highest BCUT2D eigenvalue weighted by atomic mass is 35.5. The molecule has 1 aliphatic heterocycles. The van der Waals surface area contributed by atoms with E-state index in [0.717, 1.165) is 5.56 Å². The molecule has 0 saturated heterocycles. The van der Waals surface area contributed by atoms with E-state index in [4.69, 9.17) is 23.2 Å². The van der Waals surface area contributed by atoms with Crippen molar-refractivity contribution in [1.82, 2.24) is 10.2 Å². The largest absolute Gasteiger partial charge is 0.503 e. The van der Waals surface area contributed by atoms with Gasteiger partial charge in [-0.05, 0) is 36.1 Å². The van der Waals surface area contributed by atoms with Gasteiger partial charge in [0.25, 0.3) is 11.8 Å². The van der Waals surface area contributed by atoms with E-state index in [2.05, 4.69) is 5.32 Å². The summed E-state index contributed by atoms with van der Waals surface area (Å²) in [7, 11) is 0. The van der Waals surface area contributed by atoms with Gasteiger partial charge in [-0.25, -0.2) is 0 Å². The van der Waals surface area contributed by atoms with Gasteiger partial charge >= 0.3 is 0 Å². The average molecular weight is 449 g/mol. The van der Waals surface area contributed by atoms with Gasteiger partial charge in [0.2, 0.25) is 0 Å². The number of β-amino-alcohol motifs (C(OH)–C–C–N with tert-alkyl or cyclic N) is 1. The first-order chi connectivity index (χ1) is 14.4. The third-order valence-corrected chi connectivity index (χ3v) is 5.63. The van der Waals surface area contributed by atoms with Crippen LogP contribution >= 0.6 is 23.2 Å². The van der Waals surface area contributed by atoms with E-state index in [1.54, 1.807) is 36.4 Å². The molecule has 0 aliphatic carbocycles. The van der Waals surface area contributed by atoms with E-state index < -0.39 is 23.7 Å². The van der Waals surface area contributed by atoms with E-state index in [1.807, 2.05) is 12.1 Å². The zero-order valence-electron chi connectivity index (χ0n) is 16.1. The smallest absolute Gasteiger partial charge is 0.289 e. The lowest BCUT2D eigenvalue weighted by atomic mass is 10.1. The van der Waals surface area contributed by atoms with Crippen LogP contribution in [0.5, 0.6) is 0 Å². The molecule has 158 valence electrons. The Balaban J connectivity index is 1.49. The van der Waals surface area contributed by atoms with Gasteiger partial charge < -0.3 is 20.4 Å². The molecule has 2 aromatic rings. The summed E-state index contributed by atoms with van der Waals surface area (Å²) in [5, 5.41) is 24.1. The first kappa shape index (κ1) is 22.2. The van der Waals surface area contributed by atoms with Crippen LogP contribution in [-0.4, -0.2) is 46.6 Å². The van der Waals surface area contributed by atoms with Crippen LogP contribution in [0.3, 0.4) is 0 Å². The zero-order valence-corrected chi connectivity index (χ0v) is 17.7. The zero-order chi connectivity index (χ0) is 21.7. The minimum atomic E-state index is -0.906. The fourth-order valence-corrected chi connectivity index (χ4v) is 3.55. The molecule has 30 heavy (non-hydrogen) atoms. The predicted octanol–water partition coefficient (Wildman–Crippen LogP) is 3.43. The minimum absolute atomic E-state index is 0.00907. The number of aliphatic hydroxyl groups is 2. The Kier molecular flexibility index (Phi) is 7.37. The molecule has 3 rings (SSSR count). The van der Waals surface area contributed by atoms with E-state index in [1.165, 1.54) is 4.90 Å². The lowest BCUT2D eigenvalue weighted by molar-refractivity contribution is -0.129. The SMILES string of the molecule is O=C(NCCCc1ccc(Cl)c(Cl)c1)C1=C(O)C(=O)N(CC(O)c2ccccc2)C1. The highest BCUT2D eigenvalue weighted by Gasteiger charge is 2.34. The normalized spacial score (nSPS) is 14.9. The number of benzene rings is 2. The molecule has 1 heterocycles. The van der Waals surface area contributed by atoms with Gasteiger partial charge in [-0.3, -0.25) is 9.59 Å². The molecule has 3 N–H and O–H groups in total. The molecule has 0 radical (unpaired) electrons. The van der Waals surface area contributed by atoms with Crippen molar-refractivity contribution < 1.29 is 19.8 Å². The number of nitrogens with one attached hydrogen (secondary N) is 1. The Morgan fingerprint density at radius 1 is 1.13 bits per heavy atom. The van der Waals surface area contributed by atoms with E-state index >= 15 is 0 Å². The number of hydrogen-bond acceptors (Lipinski definition) is 4. The summed E-state index contributed by atoms with van der Waals surface area (Å²) in [6, 6.07) is 14.3. The van der Waals surface area contributed by atoms with E-state index in [0.29, 0.717) is 35.0 Å². The number of aryl methyl sites for hydroxylation is 1. The van der Waals surface area contributed by atoms with Crippen LogP contribution < -0.4 is 5.32 Å². The van der Waals surface area contributed by atoms with Crippen molar-refractivity contribution >= 4 is 35.0 Å². The van der Waals surface area contributed by atoms with Crippen LogP contribution in [0.25, 0.3) is 0 Å². The molecule has 0 bridgehead atoms. The Bertz CT molecular complexity index is 963. The molecule has 0 fully saturated rings. The number of halogens is 2. The quantitative estimate of drug-likeness (QED) is 0.539. The van der Waals surface area contributed by atoms with Crippen LogP contribution in [-0.2, 0) is 16.0 Å². The molecule has 0 spiro atoms. The number of amides is 2. The Labute approximate surface area is 184 Å². The summed E-state index contributed by atoms with van der Waals surface area (Å²) in [6.07, 6.45) is 0.440. The third kappa shape index (κ3) is 5.33. The number of hydrogen-bond donors (Lipinski definition) is 3. The predicted molar refractivity (Wildman–Crippen MR) is 115 cm³/mol. The average Bonchev–Trinajstić information content (AvgIpc) is 3.02. The van der Waals surface area contributed by atoms with Gasteiger partial charge in [0.15, 0.2) is 5.76 Å². The fourth-order valence-electron chi connectivity index (χ4n) is 3.23. The summed E-state index contributed by atoms with van der Waals surface area (Å²) >= 11 is 11.9. The molecule has 2 amide bonds. The van der Waals surface area contributed by atoms with E-state index in [-0.39, 0.29) is 18.7 Å². The second kappa shape index (κ2) is 9.98. The summed E-state index contributed by atoms with van der Waals surface area (Å²) in [5.74, 6) is -1.73. The Morgan fingerprint density at radius 3 is 2.57 bits per heavy atom. The molecule has 8 heteroatoms. The van der Waals surface area contributed by atoms with Gasteiger partial charge in [-0.2, -0.15) is 0 Å². The van der Waals surface area contributed by atoms with Gasteiger partial charge in [0, 0.05) is 6.54 Å². The molecule has 1 unspecified atom stereocenters. The van der Waals surface area contributed by atoms with Gasteiger partial charge in [-0.1, -0.05) is 59.6 Å². The first-order valence-corrected chi connectivity index (χ1v) is 10.3. The minimum Gasteiger partial charge on any atom is -0.503 e. The molecular weight excluding hydrogens is 427 g/mol. The molecule has 2 aromatic carbocycles. The summed E-state index contributed by atoms with van der Waals surface area (Å²) in [6.45, 7) is 0.310. The maximum absolute atomic E-state index is 12.4. The van der Waals surface area contributed by atoms with Crippen molar-refractivity contribution in [3.8, 4) is 0 Å². The van der Waals surface area contributed by atoms with Crippen molar-refractivity contribution in [2.45, 2.75) is 18.9 Å².